The third-order valence-corrected chi connectivity index (χ3v) is 6.93. The van der Waals surface area contributed by atoms with Gasteiger partial charge in [-0.05, 0) is 43.2 Å². The first kappa shape index (κ1) is 21.6. The quantitative estimate of drug-likeness (QED) is 0.581. The van der Waals surface area contributed by atoms with Crippen LogP contribution < -0.4 is 10.2 Å². The highest BCUT2D eigenvalue weighted by Gasteiger charge is 2.31. The Morgan fingerprint density at radius 1 is 1.10 bits per heavy atom. The van der Waals surface area contributed by atoms with Crippen LogP contribution in [0.15, 0.2) is 49.1 Å². The van der Waals surface area contributed by atoms with E-state index in [4.69, 9.17) is 0 Å². The molecule has 0 saturated carbocycles. The molecule has 1 aromatic carbocycles. The fourth-order valence-electron chi connectivity index (χ4n) is 3.50. The Kier molecular flexibility index (Phi) is 6.79. The maximum absolute atomic E-state index is 12.9. The molecular formula is C20H24F3N3O2S. The van der Waals surface area contributed by atoms with E-state index >= 15 is 0 Å². The number of hydrogen-bond acceptors (Lipinski definition) is 3. The molecule has 0 bridgehead atoms. The van der Waals surface area contributed by atoms with Crippen LogP contribution in [0.3, 0.4) is 0 Å². The number of carbonyl (C=O) groups is 1. The lowest BCUT2D eigenvalue weighted by atomic mass is 10.0. The van der Waals surface area contributed by atoms with Crippen molar-refractivity contribution in [2.24, 2.45) is 0 Å². The molecule has 1 fully saturated rings. The molecule has 1 saturated heterocycles. The smallest absolute Gasteiger partial charge is 0.369 e. The number of rotatable bonds is 5. The van der Waals surface area contributed by atoms with E-state index in [9.17, 15) is 22.2 Å². The first-order valence-electron chi connectivity index (χ1n) is 9.47. The molecule has 0 radical (unpaired) electrons. The molecule has 29 heavy (non-hydrogen) atoms. The number of hydrogen-bond donors (Lipinski definition) is 1. The molecule has 3 rings (SSSR count). The summed E-state index contributed by atoms with van der Waals surface area (Å²) in [6.45, 7) is 5.79. The van der Waals surface area contributed by atoms with Crippen LogP contribution in [-0.2, 0) is 22.0 Å². The van der Waals surface area contributed by atoms with Gasteiger partial charge in [0.25, 0.3) is 0 Å². The van der Waals surface area contributed by atoms with Gasteiger partial charge in [-0.3, -0.25) is 4.79 Å². The van der Waals surface area contributed by atoms with E-state index in [1.807, 2.05) is 21.4 Å². The maximum Gasteiger partial charge on any atom is 0.416 e. The van der Waals surface area contributed by atoms with Crippen molar-refractivity contribution < 1.29 is 22.2 Å². The van der Waals surface area contributed by atoms with Crippen molar-refractivity contribution in [3.05, 3.63) is 54.6 Å². The zero-order valence-electron chi connectivity index (χ0n) is 15.9. The van der Waals surface area contributed by atoms with Crippen LogP contribution in [0, 0.1) is 0 Å². The second-order valence-corrected chi connectivity index (χ2v) is 8.73. The molecule has 0 aromatic heterocycles. The average molecular weight is 427 g/mol. The van der Waals surface area contributed by atoms with Crippen molar-refractivity contribution in [2.45, 2.75) is 30.3 Å². The van der Waals surface area contributed by atoms with E-state index < -0.39 is 22.7 Å². The van der Waals surface area contributed by atoms with Crippen LogP contribution in [0.4, 0.5) is 18.9 Å². The summed E-state index contributed by atoms with van der Waals surface area (Å²) in [5, 5.41) is 2.72. The van der Waals surface area contributed by atoms with Gasteiger partial charge in [0.2, 0.25) is 5.91 Å². The Bertz CT molecular complexity index is 787. The van der Waals surface area contributed by atoms with Gasteiger partial charge < -0.3 is 10.2 Å². The Hall–Kier alpha value is -2.13. The Morgan fingerprint density at radius 2 is 1.76 bits per heavy atom. The van der Waals surface area contributed by atoms with Crippen LogP contribution in [0.2, 0.25) is 0 Å². The van der Waals surface area contributed by atoms with Gasteiger partial charge in [-0.25, -0.2) is 8.51 Å². The molecule has 3 unspecified atom stereocenters. The summed E-state index contributed by atoms with van der Waals surface area (Å²) < 4.78 is 52.9. The number of alkyl halides is 3. The van der Waals surface area contributed by atoms with Gasteiger partial charge in [-0.1, -0.05) is 18.7 Å². The highest BCUT2D eigenvalue weighted by molar-refractivity contribution is 7.83. The van der Waals surface area contributed by atoms with Crippen molar-refractivity contribution in [1.29, 1.82) is 0 Å². The minimum Gasteiger partial charge on any atom is -0.369 e. The third-order valence-electron chi connectivity index (χ3n) is 5.15. The highest BCUT2D eigenvalue weighted by Crippen LogP contribution is 2.31. The normalized spacial score (nSPS) is 24.2. The molecule has 1 aliphatic carbocycles. The lowest BCUT2D eigenvalue weighted by Gasteiger charge is -2.37. The largest absolute Gasteiger partial charge is 0.416 e. The van der Waals surface area contributed by atoms with E-state index in [0.717, 1.165) is 24.2 Å². The first-order valence-corrected chi connectivity index (χ1v) is 10.6. The second-order valence-electron chi connectivity index (χ2n) is 7.06. The third kappa shape index (κ3) is 5.48. The van der Waals surface area contributed by atoms with Crippen LogP contribution in [0.1, 0.15) is 18.4 Å². The van der Waals surface area contributed by atoms with Crippen LogP contribution in [-0.4, -0.2) is 51.9 Å². The number of anilines is 1. The molecular weight excluding hydrogens is 403 g/mol. The van der Waals surface area contributed by atoms with Gasteiger partial charge in [0, 0.05) is 37.9 Å². The van der Waals surface area contributed by atoms with Crippen LogP contribution in [0.25, 0.3) is 0 Å². The minimum atomic E-state index is -4.34. The first-order chi connectivity index (χ1) is 13.8. The number of halogens is 3. The van der Waals surface area contributed by atoms with Crippen LogP contribution >= 0.6 is 0 Å². The maximum atomic E-state index is 12.9. The number of benzene rings is 1. The van der Waals surface area contributed by atoms with E-state index in [1.54, 1.807) is 0 Å². The predicted octanol–water partition coefficient (Wildman–Crippen LogP) is 2.88. The summed E-state index contributed by atoms with van der Waals surface area (Å²) >= 11 is 0. The minimum absolute atomic E-state index is 0.0646. The van der Waals surface area contributed by atoms with Gasteiger partial charge >= 0.3 is 6.18 Å². The van der Waals surface area contributed by atoms with Gasteiger partial charge in [0.15, 0.2) is 0 Å². The molecule has 1 aliphatic heterocycles. The number of nitrogens with one attached hydrogen (secondary N) is 1. The molecule has 2 aliphatic rings. The molecule has 1 aromatic rings. The summed E-state index contributed by atoms with van der Waals surface area (Å²) in [6.07, 6.45) is 2.10. The number of carbonyl (C=O) groups excluding carboxylic acids is 1. The topological polar surface area (TPSA) is 52.7 Å². The molecule has 1 N–H and O–H groups in total. The highest BCUT2D eigenvalue weighted by atomic mass is 32.2. The summed E-state index contributed by atoms with van der Waals surface area (Å²) in [4.78, 5) is 13.4. The predicted molar refractivity (Wildman–Crippen MR) is 108 cm³/mol. The van der Waals surface area contributed by atoms with Gasteiger partial charge in [0.1, 0.15) is 11.0 Å². The Labute approximate surface area is 170 Å². The fraction of sp³-hybridized carbons (Fsp3) is 0.450. The monoisotopic (exact) mass is 427 g/mol. The standard InChI is InChI=1S/C20H24F3N3O2S/c1-2-19(27)24-16-5-9-18(10-6-16)29(28)26-13-11-25(12-14-26)17-7-3-15(4-8-17)20(21,22)23/h2-5,7-9,16,18H,1,6,10-14H2,(H,24,27). The summed E-state index contributed by atoms with van der Waals surface area (Å²) in [5.74, 6) is -0.224. The van der Waals surface area contributed by atoms with Crippen molar-refractivity contribution in [3.63, 3.8) is 0 Å². The van der Waals surface area contributed by atoms with Crippen molar-refractivity contribution in [2.75, 3.05) is 31.1 Å². The van der Waals surface area contributed by atoms with Gasteiger partial charge in [-0.2, -0.15) is 13.2 Å². The molecule has 1 heterocycles. The van der Waals surface area contributed by atoms with E-state index in [-0.39, 0.29) is 17.2 Å². The number of nitrogens with zero attached hydrogens (tertiary/aromatic N) is 2. The van der Waals surface area contributed by atoms with Crippen molar-refractivity contribution in [1.82, 2.24) is 9.62 Å². The SMILES string of the molecule is C=CC(=O)NC1C=CC(S(=O)N2CCN(c3ccc(C(F)(F)F)cc3)CC2)CC1. The summed E-state index contributed by atoms with van der Waals surface area (Å²) in [6, 6.07) is 5.08. The van der Waals surface area contributed by atoms with E-state index in [0.29, 0.717) is 32.6 Å². The molecule has 1 amide bonds. The summed E-state index contributed by atoms with van der Waals surface area (Å²) in [5.41, 5.74) is 0.0782. The number of amides is 1. The number of piperazine rings is 1. The molecule has 3 atom stereocenters. The molecule has 5 nitrogen and oxygen atoms in total. The van der Waals surface area contributed by atoms with Crippen LogP contribution in [0.5, 0.6) is 0 Å². The molecule has 158 valence electrons. The zero-order valence-corrected chi connectivity index (χ0v) is 16.7. The Balaban J connectivity index is 1.51. The Morgan fingerprint density at radius 3 is 2.28 bits per heavy atom. The average Bonchev–Trinajstić information content (AvgIpc) is 2.73. The second kappa shape index (κ2) is 9.13. The lowest BCUT2D eigenvalue weighted by molar-refractivity contribution is -0.137. The van der Waals surface area contributed by atoms with Crippen molar-refractivity contribution in [3.8, 4) is 0 Å². The van der Waals surface area contributed by atoms with E-state index in [2.05, 4.69) is 11.9 Å². The van der Waals surface area contributed by atoms with Gasteiger partial charge in [-0.15, -0.1) is 0 Å². The molecule has 9 heteroatoms. The molecule has 0 spiro atoms. The van der Waals surface area contributed by atoms with Crippen molar-refractivity contribution >= 4 is 22.6 Å². The van der Waals surface area contributed by atoms with Gasteiger partial charge in [0.05, 0.1) is 10.8 Å². The lowest BCUT2D eigenvalue weighted by Crippen LogP contribution is -2.49. The summed E-state index contributed by atoms with van der Waals surface area (Å²) in [7, 11) is -1.17. The fourth-order valence-corrected chi connectivity index (χ4v) is 4.97. The zero-order chi connectivity index (χ0) is 21.0. The van der Waals surface area contributed by atoms with E-state index in [1.165, 1.54) is 18.2 Å².